The molecule has 7 heteroatoms. The van der Waals surface area contributed by atoms with Crippen LogP contribution in [0.15, 0.2) is 58.5 Å². The Morgan fingerprint density at radius 1 is 1.22 bits per heavy atom. The lowest BCUT2D eigenvalue weighted by molar-refractivity contribution is 0.155. The molecule has 0 bridgehead atoms. The first-order chi connectivity index (χ1) is 11.2. The van der Waals surface area contributed by atoms with Crippen molar-refractivity contribution in [3.63, 3.8) is 0 Å². The van der Waals surface area contributed by atoms with Gasteiger partial charge in [0.15, 0.2) is 0 Å². The largest absolute Gasteiger partial charge is 0.444 e. The first-order valence-electron chi connectivity index (χ1n) is 6.94. The minimum atomic E-state index is -0.497. The number of benzene rings is 1. The van der Waals surface area contributed by atoms with E-state index in [0.29, 0.717) is 12.4 Å². The molecule has 5 nitrogen and oxygen atoms in total. The van der Waals surface area contributed by atoms with Crippen LogP contribution in [0.2, 0.25) is 0 Å². The molecule has 3 aromatic rings. The summed E-state index contributed by atoms with van der Waals surface area (Å²) in [5.74, 6) is 0.604. The average Bonchev–Trinajstić information content (AvgIpc) is 3.16. The standard InChI is InChI=1S/C16H14BrN3O2S/c17-14-7-6-13(23-14)10-20-15(8-9-18-20)19-16(21)22-11-12-4-2-1-3-5-12/h1-9H,10-11H2,(H,19,21). The number of amides is 1. The number of thiophene rings is 1. The Labute approximate surface area is 146 Å². The monoisotopic (exact) mass is 391 g/mol. The van der Waals surface area contributed by atoms with E-state index in [1.807, 2.05) is 42.5 Å². The first kappa shape index (κ1) is 15.8. The van der Waals surface area contributed by atoms with Crippen LogP contribution in [0.3, 0.4) is 0 Å². The van der Waals surface area contributed by atoms with E-state index in [4.69, 9.17) is 4.74 Å². The lowest BCUT2D eigenvalue weighted by Gasteiger charge is -2.09. The summed E-state index contributed by atoms with van der Waals surface area (Å²) in [7, 11) is 0. The van der Waals surface area contributed by atoms with Gasteiger partial charge in [-0.2, -0.15) is 5.10 Å². The molecule has 2 heterocycles. The van der Waals surface area contributed by atoms with Gasteiger partial charge in [-0.15, -0.1) is 11.3 Å². The zero-order chi connectivity index (χ0) is 16.1. The fraction of sp³-hybridized carbons (Fsp3) is 0.125. The van der Waals surface area contributed by atoms with Crippen LogP contribution in [0.1, 0.15) is 10.4 Å². The lowest BCUT2D eigenvalue weighted by atomic mass is 10.2. The zero-order valence-electron chi connectivity index (χ0n) is 12.1. The van der Waals surface area contributed by atoms with Gasteiger partial charge in [0.05, 0.1) is 16.5 Å². The van der Waals surface area contributed by atoms with E-state index in [1.165, 1.54) is 0 Å². The number of ether oxygens (including phenoxy) is 1. The van der Waals surface area contributed by atoms with E-state index in [9.17, 15) is 4.79 Å². The predicted octanol–water partition coefficient (Wildman–Crippen LogP) is 4.50. The van der Waals surface area contributed by atoms with Crippen molar-refractivity contribution in [3.8, 4) is 0 Å². The number of hydrogen-bond acceptors (Lipinski definition) is 4. The van der Waals surface area contributed by atoms with E-state index < -0.39 is 6.09 Å². The fourth-order valence-corrected chi connectivity index (χ4v) is 3.48. The van der Waals surface area contributed by atoms with Gasteiger partial charge in [-0.05, 0) is 33.6 Å². The molecule has 0 aliphatic carbocycles. The summed E-state index contributed by atoms with van der Waals surface area (Å²) in [6.45, 7) is 0.830. The van der Waals surface area contributed by atoms with Crippen LogP contribution in [0.4, 0.5) is 10.6 Å². The highest BCUT2D eigenvalue weighted by molar-refractivity contribution is 9.11. The van der Waals surface area contributed by atoms with Crippen LogP contribution >= 0.6 is 27.3 Å². The minimum absolute atomic E-state index is 0.235. The molecule has 1 N–H and O–H groups in total. The van der Waals surface area contributed by atoms with Crippen LogP contribution in [0.5, 0.6) is 0 Å². The maximum Gasteiger partial charge on any atom is 0.413 e. The number of nitrogens with one attached hydrogen (secondary N) is 1. The lowest BCUT2D eigenvalue weighted by Crippen LogP contribution is -2.17. The zero-order valence-corrected chi connectivity index (χ0v) is 14.5. The Kier molecular flexibility index (Phi) is 5.09. The van der Waals surface area contributed by atoms with E-state index in [1.54, 1.807) is 28.3 Å². The highest BCUT2D eigenvalue weighted by atomic mass is 79.9. The van der Waals surface area contributed by atoms with Gasteiger partial charge >= 0.3 is 6.09 Å². The van der Waals surface area contributed by atoms with Crippen molar-refractivity contribution in [1.82, 2.24) is 9.78 Å². The van der Waals surface area contributed by atoms with Crippen LogP contribution in [-0.4, -0.2) is 15.9 Å². The maximum absolute atomic E-state index is 11.9. The molecule has 0 radical (unpaired) electrons. The molecule has 0 unspecified atom stereocenters. The average molecular weight is 392 g/mol. The summed E-state index contributed by atoms with van der Waals surface area (Å²) in [5, 5.41) is 6.95. The summed E-state index contributed by atoms with van der Waals surface area (Å²) in [6.07, 6.45) is 1.15. The van der Waals surface area contributed by atoms with Crippen LogP contribution in [0.25, 0.3) is 0 Å². The molecular formula is C16H14BrN3O2S. The van der Waals surface area contributed by atoms with Crippen LogP contribution < -0.4 is 5.32 Å². The summed E-state index contributed by atoms with van der Waals surface area (Å²) >= 11 is 5.07. The molecule has 3 rings (SSSR count). The summed E-state index contributed by atoms with van der Waals surface area (Å²) in [4.78, 5) is 13.1. The second kappa shape index (κ2) is 7.43. The van der Waals surface area contributed by atoms with Crippen molar-refractivity contribution in [3.05, 3.63) is 69.0 Å². The molecule has 0 fully saturated rings. The normalized spacial score (nSPS) is 10.5. The van der Waals surface area contributed by atoms with Gasteiger partial charge in [0.25, 0.3) is 0 Å². The second-order valence-corrected chi connectivity index (χ2v) is 7.31. The van der Waals surface area contributed by atoms with Crippen molar-refractivity contribution in [2.75, 3.05) is 5.32 Å². The van der Waals surface area contributed by atoms with Gasteiger partial charge in [0.2, 0.25) is 0 Å². The Balaban J connectivity index is 1.57. The molecule has 1 amide bonds. The van der Waals surface area contributed by atoms with E-state index in [0.717, 1.165) is 14.2 Å². The molecule has 2 aromatic heterocycles. The van der Waals surface area contributed by atoms with Gasteiger partial charge in [-0.1, -0.05) is 30.3 Å². The Morgan fingerprint density at radius 2 is 2.04 bits per heavy atom. The molecule has 0 saturated carbocycles. The van der Waals surface area contributed by atoms with Crippen molar-refractivity contribution >= 4 is 39.2 Å². The Bertz CT molecular complexity index is 785. The third-order valence-electron chi connectivity index (χ3n) is 3.09. The quantitative estimate of drug-likeness (QED) is 0.696. The molecular weight excluding hydrogens is 378 g/mol. The molecule has 0 spiro atoms. The predicted molar refractivity (Wildman–Crippen MR) is 93.6 cm³/mol. The number of carbonyl (C=O) groups is 1. The fourth-order valence-electron chi connectivity index (χ4n) is 2.01. The number of halogens is 1. The van der Waals surface area contributed by atoms with Gasteiger partial charge in [0, 0.05) is 10.9 Å². The van der Waals surface area contributed by atoms with E-state index >= 15 is 0 Å². The number of aromatic nitrogens is 2. The molecule has 0 aliphatic rings. The minimum Gasteiger partial charge on any atom is -0.444 e. The van der Waals surface area contributed by atoms with Crippen molar-refractivity contribution in [2.45, 2.75) is 13.2 Å². The summed E-state index contributed by atoms with van der Waals surface area (Å²) in [5.41, 5.74) is 0.944. The van der Waals surface area contributed by atoms with Crippen LogP contribution in [0, 0.1) is 0 Å². The maximum atomic E-state index is 11.9. The van der Waals surface area contributed by atoms with E-state index in [2.05, 4.69) is 26.3 Å². The van der Waals surface area contributed by atoms with Crippen molar-refractivity contribution < 1.29 is 9.53 Å². The van der Waals surface area contributed by atoms with Crippen LogP contribution in [-0.2, 0) is 17.9 Å². The Hall–Kier alpha value is -2.12. The summed E-state index contributed by atoms with van der Waals surface area (Å²) < 4.78 is 8.01. The highest BCUT2D eigenvalue weighted by Crippen LogP contribution is 2.23. The highest BCUT2D eigenvalue weighted by Gasteiger charge is 2.09. The van der Waals surface area contributed by atoms with Gasteiger partial charge < -0.3 is 4.74 Å². The summed E-state index contributed by atoms with van der Waals surface area (Å²) in [6, 6.07) is 15.3. The number of anilines is 1. The first-order valence-corrected chi connectivity index (χ1v) is 8.55. The number of carbonyl (C=O) groups excluding carboxylic acids is 1. The van der Waals surface area contributed by atoms with E-state index in [-0.39, 0.29) is 6.61 Å². The topological polar surface area (TPSA) is 56.2 Å². The van der Waals surface area contributed by atoms with Crippen molar-refractivity contribution in [1.29, 1.82) is 0 Å². The number of rotatable bonds is 5. The second-order valence-electron chi connectivity index (χ2n) is 4.77. The smallest absolute Gasteiger partial charge is 0.413 e. The van der Waals surface area contributed by atoms with Gasteiger partial charge in [-0.3, -0.25) is 5.32 Å². The van der Waals surface area contributed by atoms with Gasteiger partial charge in [0.1, 0.15) is 12.4 Å². The number of hydrogen-bond donors (Lipinski definition) is 1. The van der Waals surface area contributed by atoms with Crippen molar-refractivity contribution in [2.24, 2.45) is 0 Å². The molecule has 0 aliphatic heterocycles. The number of nitrogens with zero attached hydrogens (tertiary/aromatic N) is 2. The third-order valence-corrected chi connectivity index (χ3v) is 4.70. The SMILES string of the molecule is O=C(Nc1ccnn1Cc1ccc(Br)s1)OCc1ccccc1. The van der Waals surface area contributed by atoms with Gasteiger partial charge in [-0.25, -0.2) is 9.48 Å². The molecule has 0 atom stereocenters. The molecule has 0 saturated heterocycles. The third kappa shape index (κ3) is 4.43. The molecule has 23 heavy (non-hydrogen) atoms. The Morgan fingerprint density at radius 3 is 2.78 bits per heavy atom. The molecule has 118 valence electrons. The molecule has 1 aromatic carbocycles.